The van der Waals surface area contributed by atoms with Gasteiger partial charge in [0.15, 0.2) is 11.5 Å². The molecule has 0 bridgehead atoms. The number of hydrogen-bond donors (Lipinski definition) is 2. The third-order valence-electron chi connectivity index (χ3n) is 4.86. The molecule has 0 heterocycles. The van der Waals surface area contributed by atoms with Crippen LogP contribution in [0.3, 0.4) is 0 Å². The summed E-state index contributed by atoms with van der Waals surface area (Å²) in [5, 5.41) is 14.4. The molecule has 0 radical (unpaired) electrons. The van der Waals surface area contributed by atoms with Crippen molar-refractivity contribution in [2.75, 3.05) is 26.6 Å². The van der Waals surface area contributed by atoms with Crippen molar-refractivity contribution in [2.24, 2.45) is 0 Å². The second-order valence-electron chi connectivity index (χ2n) is 6.75. The molecule has 0 atom stereocenters. The molecule has 0 aliphatic rings. The van der Waals surface area contributed by atoms with Gasteiger partial charge in [-0.2, -0.15) is 0 Å². The van der Waals surface area contributed by atoms with Crippen LogP contribution in [0.2, 0.25) is 0 Å². The fraction of sp³-hybridized carbons (Fsp3) is 0.167. The normalized spacial score (nSPS) is 11.2. The lowest BCUT2D eigenvalue weighted by molar-refractivity contribution is -0.111. The lowest BCUT2D eigenvalue weighted by Crippen LogP contribution is -2.14. The summed E-state index contributed by atoms with van der Waals surface area (Å²) in [6, 6.07) is 15.1. The molecule has 0 aliphatic heterocycles. The summed E-state index contributed by atoms with van der Waals surface area (Å²) in [6.07, 6.45) is 1.41. The first-order valence-electron chi connectivity index (χ1n) is 9.44. The van der Waals surface area contributed by atoms with Crippen molar-refractivity contribution in [1.82, 2.24) is 0 Å². The van der Waals surface area contributed by atoms with Gasteiger partial charge in [0, 0.05) is 12.1 Å². The molecule has 31 heavy (non-hydrogen) atoms. The smallest absolute Gasteiger partial charge is 0.338 e. The van der Waals surface area contributed by atoms with Gasteiger partial charge in [-0.3, -0.25) is 4.79 Å². The SMILES string of the molecule is COc1cc(C(=O)O)c(NC(=O)C=C(C)c2ccc3ccccc3c2)c(OC)c1OC. The van der Waals surface area contributed by atoms with E-state index >= 15 is 0 Å². The third-order valence-corrected chi connectivity index (χ3v) is 4.86. The number of rotatable bonds is 7. The first-order chi connectivity index (χ1) is 14.9. The Hall–Kier alpha value is -4.00. The quantitative estimate of drug-likeness (QED) is 0.541. The van der Waals surface area contributed by atoms with Gasteiger partial charge in [0.1, 0.15) is 5.69 Å². The molecule has 7 nitrogen and oxygen atoms in total. The van der Waals surface area contributed by atoms with E-state index in [0.29, 0.717) is 0 Å². The minimum absolute atomic E-state index is 0.0137. The predicted molar refractivity (Wildman–Crippen MR) is 119 cm³/mol. The number of nitrogens with one attached hydrogen (secondary N) is 1. The Bertz CT molecular complexity index is 1180. The van der Waals surface area contributed by atoms with Gasteiger partial charge in [-0.15, -0.1) is 0 Å². The van der Waals surface area contributed by atoms with E-state index in [4.69, 9.17) is 14.2 Å². The van der Waals surface area contributed by atoms with Crippen molar-refractivity contribution in [3.8, 4) is 17.2 Å². The van der Waals surface area contributed by atoms with Gasteiger partial charge < -0.3 is 24.6 Å². The zero-order chi connectivity index (χ0) is 22.5. The number of anilines is 1. The van der Waals surface area contributed by atoms with Crippen LogP contribution < -0.4 is 19.5 Å². The molecule has 160 valence electrons. The van der Waals surface area contributed by atoms with E-state index in [1.54, 1.807) is 0 Å². The van der Waals surface area contributed by atoms with Crippen LogP contribution in [0.1, 0.15) is 22.8 Å². The molecule has 3 aromatic carbocycles. The number of carboxylic acid groups (broad SMARTS) is 1. The Balaban J connectivity index is 1.98. The summed E-state index contributed by atoms with van der Waals surface area (Å²) in [5.41, 5.74) is 1.41. The zero-order valence-corrected chi connectivity index (χ0v) is 17.7. The Kier molecular flexibility index (Phi) is 6.45. The van der Waals surface area contributed by atoms with Crippen LogP contribution in [-0.2, 0) is 4.79 Å². The zero-order valence-electron chi connectivity index (χ0n) is 17.7. The first kappa shape index (κ1) is 21.7. The fourth-order valence-electron chi connectivity index (χ4n) is 3.32. The average molecular weight is 421 g/mol. The van der Waals surface area contributed by atoms with Crippen molar-refractivity contribution < 1.29 is 28.9 Å². The molecule has 3 rings (SSSR count). The molecule has 0 spiro atoms. The molecule has 2 N–H and O–H groups in total. The van der Waals surface area contributed by atoms with Crippen LogP contribution in [0, 0.1) is 0 Å². The standard InChI is InChI=1S/C24H23NO6/c1-14(16-10-9-15-7-5-6-8-17(15)12-16)11-20(26)25-21-18(24(27)28)13-19(29-2)22(30-3)23(21)31-4/h5-13H,1-4H3,(H,25,26)(H,27,28). The number of methoxy groups -OCH3 is 3. The third kappa shape index (κ3) is 4.45. The Morgan fingerprint density at radius 3 is 2.19 bits per heavy atom. The number of benzene rings is 3. The molecular weight excluding hydrogens is 398 g/mol. The molecule has 0 saturated heterocycles. The van der Waals surface area contributed by atoms with Crippen LogP contribution in [0.5, 0.6) is 17.2 Å². The monoisotopic (exact) mass is 421 g/mol. The van der Waals surface area contributed by atoms with Crippen molar-refractivity contribution in [2.45, 2.75) is 6.92 Å². The Morgan fingerprint density at radius 2 is 1.58 bits per heavy atom. The average Bonchev–Trinajstić information content (AvgIpc) is 2.77. The molecule has 0 aliphatic carbocycles. The lowest BCUT2D eigenvalue weighted by atomic mass is 10.0. The second kappa shape index (κ2) is 9.21. The van der Waals surface area contributed by atoms with Gasteiger partial charge in [-0.1, -0.05) is 36.4 Å². The second-order valence-corrected chi connectivity index (χ2v) is 6.75. The maximum Gasteiger partial charge on any atom is 0.338 e. The maximum absolute atomic E-state index is 12.7. The Morgan fingerprint density at radius 1 is 0.903 bits per heavy atom. The first-order valence-corrected chi connectivity index (χ1v) is 9.44. The number of allylic oxidation sites excluding steroid dienone is 1. The van der Waals surface area contributed by atoms with Crippen LogP contribution >= 0.6 is 0 Å². The van der Waals surface area contributed by atoms with Crippen LogP contribution in [-0.4, -0.2) is 38.3 Å². The van der Waals surface area contributed by atoms with Gasteiger partial charge in [-0.05, 0) is 34.9 Å². The minimum Gasteiger partial charge on any atom is -0.493 e. The largest absolute Gasteiger partial charge is 0.493 e. The number of carboxylic acids is 1. The van der Waals surface area contributed by atoms with Crippen molar-refractivity contribution in [1.29, 1.82) is 0 Å². The van der Waals surface area contributed by atoms with Crippen LogP contribution in [0.15, 0.2) is 54.6 Å². The molecule has 0 saturated carbocycles. The van der Waals surface area contributed by atoms with Crippen molar-refractivity contribution in [3.63, 3.8) is 0 Å². The topological polar surface area (TPSA) is 94.1 Å². The Labute approximate surface area is 179 Å². The molecule has 1 amide bonds. The minimum atomic E-state index is -1.25. The number of carbonyl (C=O) groups excluding carboxylic acids is 1. The summed E-state index contributed by atoms with van der Waals surface area (Å²) in [4.78, 5) is 24.5. The van der Waals surface area contributed by atoms with Gasteiger partial charge in [0.05, 0.1) is 26.9 Å². The number of hydrogen-bond acceptors (Lipinski definition) is 5. The van der Waals surface area contributed by atoms with Gasteiger partial charge in [0.2, 0.25) is 11.7 Å². The lowest BCUT2D eigenvalue weighted by Gasteiger charge is -2.18. The van der Waals surface area contributed by atoms with Crippen LogP contribution in [0.4, 0.5) is 5.69 Å². The number of fused-ring (bicyclic) bond motifs is 1. The summed E-state index contributed by atoms with van der Waals surface area (Å²) in [6.45, 7) is 1.81. The van der Waals surface area contributed by atoms with E-state index in [1.807, 2.05) is 49.4 Å². The van der Waals surface area contributed by atoms with E-state index in [2.05, 4.69) is 5.32 Å². The fourth-order valence-corrected chi connectivity index (χ4v) is 3.32. The molecular formula is C24H23NO6. The number of amides is 1. The molecule has 0 aromatic heterocycles. The van der Waals surface area contributed by atoms with Gasteiger partial charge in [-0.25, -0.2) is 4.79 Å². The molecule has 7 heteroatoms. The highest BCUT2D eigenvalue weighted by atomic mass is 16.5. The molecule has 3 aromatic rings. The van der Waals surface area contributed by atoms with Crippen LogP contribution in [0.25, 0.3) is 16.3 Å². The number of carbonyl (C=O) groups is 2. The van der Waals surface area contributed by atoms with Crippen molar-refractivity contribution >= 4 is 33.9 Å². The summed E-state index contributed by atoms with van der Waals surface area (Å²) < 4.78 is 15.8. The summed E-state index contributed by atoms with van der Waals surface area (Å²) in [5.74, 6) is -1.33. The summed E-state index contributed by atoms with van der Waals surface area (Å²) in [7, 11) is 4.14. The van der Waals surface area contributed by atoms with E-state index in [9.17, 15) is 14.7 Å². The number of ether oxygens (including phenoxy) is 3. The maximum atomic E-state index is 12.7. The molecule has 0 fully saturated rings. The van der Waals surface area contributed by atoms with Crippen molar-refractivity contribution in [3.05, 3.63) is 65.7 Å². The predicted octanol–water partition coefficient (Wildman–Crippen LogP) is 4.61. The van der Waals surface area contributed by atoms with E-state index < -0.39 is 11.9 Å². The summed E-state index contributed by atoms with van der Waals surface area (Å²) >= 11 is 0. The molecule has 0 unspecified atom stereocenters. The van der Waals surface area contributed by atoms with E-state index in [0.717, 1.165) is 21.9 Å². The highest BCUT2D eigenvalue weighted by Crippen LogP contribution is 2.45. The number of aromatic carboxylic acids is 1. The van der Waals surface area contributed by atoms with E-state index in [-0.39, 0.29) is 28.5 Å². The van der Waals surface area contributed by atoms with E-state index in [1.165, 1.54) is 33.5 Å². The highest BCUT2D eigenvalue weighted by Gasteiger charge is 2.25. The van der Waals surface area contributed by atoms with Gasteiger partial charge >= 0.3 is 5.97 Å². The van der Waals surface area contributed by atoms with Gasteiger partial charge in [0.25, 0.3) is 0 Å². The highest BCUT2D eigenvalue weighted by molar-refractivity contribution is 6.09.